The Balaban J connectivity index is 1.88. The van der Waals surface area contributed by atoms with Gasteiger partial charge < -0.3 is 10.6 Å². The van der Waals surface area contributed by atoms with Gasteiger partial charge in [-0.1, -0.05) is 18.2 Å². The lowest BCUT2D eigenvalue weighted by Crippen LogP contribution is -2.14. The van der Waals surface area contributed by atoms with Crippen molar-refractivity contribution in [3.63, 3.8) is 0 Å². The number of hydrogen-bond donors (Lipinski definition) is 2. The fourth-order valence-corrected chi connectivity index (χ4v) is 2.77. The third-order valence-electron chi connectivity index (χ3n) is 2.90. The molecule has 0 radical (unpaired) electrons. The van der Waals surface area contributed by atoms with Crippen molar-refractivity contribution in [3.05, 3.63) is 54.3 Å². The Labute approximate surface area is 138 Å². The average molecular weight is 332 g/mol. The maximum Gasteiger partial charge on any atom is 0.225 e. The molecular formula is C17H17FN2O2S. The first-order valence-electron chi connectivity index (χ1n) is 7.09. The minimum absolute atomic E-state index is 0.0611. The van der Waals surface area contributed by atoms with Gasteiger partial charge in [-0.15, -0.1) is 11.8 Å². The normalized spacial score (nSPS) is 10.2. The van der Waals surface area contributed by atoms with Crippen molar-refractivity contribution in [3.8, 4) is 0 Å². The zero-order valence-corrected chi connectivity index (χ0v) is 13.5. The van der Waals surface area contributed by atoms with Gasteiger partial charge in [0.05, 0.1) is 5.69 Å². The molecule has 6 heteroatoms. The van der Waals surface area contributed by atoms with Crippen LogP contribution in [0.15, 0.2) is 53.4 Å². The molecule has 23 heavy (non-hydrogen) atoms. The Morgan fingerprint density at radius 2 is 1.83 bits per heavy atom. The van der Waals surface area contributed by atoms with Crippen LogP contribution < -0.4 is 10.6 Å². The Morgan fingerprint density at radius 1 is 1.09 bits per heavy atom. The lowest BCUT2D eigenvalue weighted by Gasteiger charge is -2.09. The molecule has 0 unspecified atom stereocenters. The van der Waals surface area contributed by atoms with Crippen molar-refractivity contribution in [2.75, 3.05) is 16.4 Å². The second-order valence-electron chi connectivity index (χ2n) is 4.84. The van der Waals surface area contributed by atoms with Gasteiger partial charge in [0.15, 0.2) is 0 Å². The second kappa shape index (κ2) is 8.33. The number of anilines is 2. The Hall–Kier alpha value is -2.34. The van der Waals surface area contributed by atoms with Gasteiger partial charge >= 0.3 is 0 Å². The summed E-state index contributed by atoms with van der Waals surface area (Å²) in [4.78, 5) is 24.0. The van der Waals surface area contributed by atoms with Gasteiger partial charge in [-0.3, -0.25) is 9.59 Å². The van der Waals surface area contributed by atoms with Crippen LogP contribution in [0.4, 0.5) is 15.8 Å². The standard InChI is InChI=1S/C17H17FN2O2S/c1-12(21)19-13-7-8-15(18)16(11-13)20-17(22)9-10-23-14-5-3-2-4-6-14/h2-8,11H,9-10H2,1H3,(H,19,21)(H,20,22). The van der Waals surface area contributed by atoms with Crippen LogP contribution in [0.2, 0.25) is 0 Å². The van der Waals surface area contributed by atoms with Gasteiger partial charge in [0, 0.05) is 29.7 Å². The average Bonchev–Trinajstić information content (AvgIpc) is 2.51. The van der Waals surface area contributed by atoms with E-state index in [9.17, 15) is 14.0 Å². The predicted molar refractivity (Wildman–Crippen MR) is 91.1 cm³/mol. The van der Waals surface area contributed by atoms with Gasteiger partial charge in [0.1, 0.15) is 5.82 Å². The van der Waals surface area contributed by atoms with E-state index in [1.54, 1.807) is 11.8 Å². The largest absolute Gasteiger partial charge is 0.326 e. The van der Waals surface area contributed by atoms with Crippen molar-refractivity contribution < 1.29 is 14.0 Å². The number of benzene rings is 2. The SMILES string of the molecule is CC(=O)Nc1ccc(F)c(NC(=O)CCSc2ccccc2)c1. The zero-order chi connectivity index (χ0) is 16.7. The van der Waals surface area contributed by atoms with Crippen LogP contribution in [0, 0.1) is 5.82 Å². The van der Waals surface area contributed by atoms with E-state index in [-0.39, 0.29) is 23.9 Å². The molecule has 0 atom stereocenters. The van der Waals surface area contributed by atoms with Gasteiger partial charge in [0.25, 0.3) is 0 Å². The molecule has 2 rings (SSSR count). The van der Waals surface area contributed by atoms with E-state index in [1.807, 2.05) is 30.3 Å². The van der Waals surface area contributed by atoms with E-state index in [0.29, 0.717) is 11.4 Å². The first-order chi connectivity index (χ1) is 11.0. The predicted octanol–water partition coefficient (Wildman–Crippen LogP) is 3.91. The summed E-state index contributed by atoms with van der Waals surface area (Å²) in [5, 5.41) is 5.08. The van der Waals surface area contributed by atoms with Crippen LogP contribution in [0.5, 0.6) is 0 Å². The summed E-state index contributed by atoms with van der Waals surface area (Å²) in [7, 11) is 0. The fourth-order valence-electron chi connectivity index (χ4n) is 1.89. The number of rotatable bonds is 6. The third-order valence-corrected chi connectivity index (χ3v) is 3.92. The molecule has 2 aromatic rings. The number of nitrogens with one attached hydrogen (secondary N) is 2. The maximum absolute atomic E-state index is 13.7. The van der Waals surface area contributed by atoms with Crippen molar-refractivity contribution in [2.24, 2.45) is 0 Å². The van der Waals surface area contributed by atoms with Crippen molar-refractivity contribution in [1.82, 2.24) is 0 Å². The lowest BCUT2D eigenvalue weighted by molar-refractivity contribution is -0.116. The van der Waals surface area contributed by atoms with Crippen molar-refractivity contribution >= 4 is 35.0 Å². The minimum atomic E-state index is -0.539. The highest BCUT2D eigenvalue weighted by molar-refractivity contribution is 7.99. The summed E-state index contributed by atoms with van der Waals surface area (Å²) in [6, 6.07) is 13.8. The van der Waals surface area contributed by atoms with Crippen molar-refractivity contribution in [1.29, 1.82) is 0 Å². The van der Waals surface area contributed by atoms with Gasteiger partial charge in [-0.05, 0) is 30.3 Å². The molecule has 0 aliphatic heterocycles. The molecule has 2 aromatic carbocycles. The van der Waals surface area contributed by atoms with E-state index in [1.165, 1.54) is 25.1 Å². The monoisotopic (exact) mass is 332 g/mol. The second-order valence-corrected chi connectivity index (χ2v) is 6.00. The molecule has 0 saturated heterocycles. The highest BCUT2D eigenvalue weighted by Gasteiger charge is 2.09. The first kappa shape index (κ1) is 17.0. The molecule has 0 bridgehead atoms. The van der Waals surface area contributed by atoms with E-state index >= 15 is 0 Å². The molecule has 0 spiro atoms. The summed E-state index contributed by atoms with van der Waals surface area (Å²) in [6.45, 7) is 1.36. The van der Waals surface area contributed by atoms with Crippen molar-refractivity contribution in [2.45, 2.75) is 18.2 Å². The van der Waals surface area contributed by atoms with E-state index < -0.39 is 5.82 Å². The summed E-state index contributed by atoms with van der Waals surface area (Å²) >= 11 is 1.56. The van der Waals surface area contributed by atoms with E-state index in [2.05, 4.69) is 10.6 Å². The van der Waals surface area contributed by atoms with E-state index in [4.69, 9.17) is 0 Å². The smallest absolute Gasteiger partial charge is 0.225 e. The molecule has 0 aromatic heterocycles. The molecule has 0 aliphatic rings. The van der Waals surface area contributed by atoms with Crippen LogP contribution in [0.1, 0.15) is 13.3 Å². The van der Waals surface area contributed by atoms with Crippen LogP contribution >= 0.6 is 11.8 Å². The molecule has 2 amide bonds. The maximum atomic E-state index is 13.7. The van der Waals surface area contributed by atoms with Crippen LogP contribution in [-0.2, 0) is 9.59 Å². The highest BCUT2D eigenvalue weighted by atomic mass is 32.2. The minimum Gasteiger partial charge on any atom is -0.326 e. The number of carbonyl (C=O) groups is 2. The van der Waals surface area contributed by atoms with Crippen LogP contribution in [0.25, 0.3) is 0 Å². The molecule has 0 saturated carbocycles. The number of amides is 2. The summed E-state index contributed by atoms with van der Waals surface area (Å²) in [6.07, 6.45) is 0.267. The molecule has 0 fully saturated rings. The number of hydrogen-bond acceptors (Lipinski definition) is 3. The Bertz CT molecular complexity index is 692. The molecule has 2 N–H and O–H groups in total. The first-order valence-corrected chi connectivity index (χ1v) is 8.08. The molecular weight excluding hydrogens is 315 g/mol. The Kier molecular flexibility index (Phi) is 6.17. The quantitative estimate of drug-likeness (QED) is 0.789. The number of thioether (sulfide) groups is 1. The van der Waals surface area contributed by atoms with Gasteiger partial charge in [-0.2, -0.15) is 0 Å². The molecule has 0 heterocycles. The van der Waals surface area contributed by atoms with Crippen LogP contribution in [0.3, 0.4) is 0 Å². The number of carbonyl (C=O) groups excluding carboxylic acids is 2. The molecule has 0 aliphatic carbocycles. The Morgan fingerprint density at radius 3 is 2.52 bits per heavy atom. The summed E-state index contributed by atoms with van der Waals surface area (Å²) < 4.78 is 13.7. The topological polar surface area (TPSA) is 58.2 Å². The highest BCUT2D eigenvalue weighted by Crippen LogP contribution is 2.21. The number of halogens is 1. The van der Waals surface area contributed by atoms with Crippen LogP contribution in [-0.4, -0.2) is 17.6 Å². The third kappa shape index (κ3) is 5.75. The summed E-state index contributed by atoms with van der Waals surface area (Å²) in [5.41, 5.74) is 0.499. The van der Waals surface area contributed by atoms with E-state index in [0.717, 1.165) is 4.90 Å². The molecule has 4 nitrogen and oxygen atoms in total. The van der Waals surface area contributed by atoms with Gasteiger partial charge in [-0.25, -0.2) is 4.39 Å². The zero-order valence-electron chi connectivity index (χ0n) is 12.6. The lowest BCUT2D eigenvalue weighted by atomic mass is 10.2. The molecule has 120 valence electrons. The fraction of sp³-hybridized carbons (Fsp3) is 0.176. The summed E-state index contributed by atoms with van der Waals surface area (Å²) in [5.74, 6) is -0.466. The van der Waals surface area contributed by atoms with Gasteiger partial charge in [0.2, 0.25) is 11.8 Å².